The molecule has 0 saturated heterocycles. The molecule has 0 atom stereocenters. The Morgan fingerprint density at radius 3 is 3.18 bits per heavy atom. The fourth-order valence-corrected chi connectivity index (χ4v) is 0.704. The van der Waals surface area contributed by atoms with Crippen molar-refractivity contribution in [2.75, 3.05) is 0 Å². The van der Waals surface area contributed by atoms with Crippen LogP contribution in [-0.2, 0) is 0 Å². The van der Waals surface area contributed by atoms with Gasteiger partial charge in [-0.1, -0.05) is 9.73 Å². The lowest BCUT2D eigenvalue weighted by atomic mass is 10.5. The van der Waals surface area contributed by atoms with E-state index in [0.29, 0.717) is 5.69 Å². The van der Waals surface area contributed by atoms with Crippen LogP contribution in [0.3, 0.4) is 0 Å². The Morgan fingerprint density at radius 1 is 1.55 bits per heavy atom. The summed E-state index contributed by atoms with van der Waals surface area (Å²) in [6.07, 6.45) is 0. The molecule has 0 amide bonds. The first kappa shape index (κ1) is 5.96. The van der Waals surface area contributed by atoms with Crippen molar-refractivity contribution in [3.8, 4) is 0 Å². The number of tetrazole rings is 1. The zero-order chi connectivity index (χ0) is 7.84. The molecule has 7 heteroatoms. The van der Waals surface area contributed by atoms with Crippen LogP contribution in [0.25, 0.3) is 5.78 Å². The molecule has 2 heterocycles. The number of aromatic amines is 1. The van der Waals surface area contributed by atoms with Gasteiger partial charge in [0.25, 0.3) is 11.3 Å². The van der Waals surface area contributed by atoms with Crippen molar-refractivity contribution >= 4 is 5.78 Å². The highest BCUT2D eigenvalue weighted by atomic mass is 16.1. The Balaban J connectivity index is 2.97. The molecule has 0 bridgehead atoms. The average Bonchev–Trinajstić information content (AvgIpc) is 2.36. The molecule has 7 nitrogen and oxygen atoms in total. The molecule has 0 fully saturated rings. The van der Waals surface area contributed by atoms with Crippen LogP contribution >= 0.6 is 0 Å². The summed E-state index contributed by atoms with van der Waals surface area (Å²) in [5.74, 6) is 0.251. The van der Waals surface area contributed by atoms with E-state index in [-0.39, 0.29) is 11.3 Å². The summed E-state index contributed by atoms with van der Waals surface area (Å²) in [6.45, 7) is 1.58. The van der Waals surface area contributed by atoms with E-state index in [9.17, 15) is 4.79 Å². The predicted molar refractivity (Wildman–Crippen MR) is 33.9 cm³/mol. The van der Waals surface area contributed by atoms with Crippen LogP contribution in [0.4, 0.5) is 0 Å². The Bertz CT molecular complexity index is 441. The zero-order valence-electron chi connectivity index (χ0n) is 5.64. The number of rotatable bonds is 0. The van der Waals surface area contributed by atoms with Crippen molar-refractivity contribution in [3.05, 3.63) is 16.0 Å². The molecule has 0 aliphatic rings. The van der Waals surface area contributed by atoms with Crippen molar-refractivity contribution in [3.63, 3.8) is 0 Å². The molecule has 56 valence electrons. The Hall–Kier alpha value is -1.79. The standard InChI is InChI=1S/C4H4N6O/c1-2-3(11)5-4-6-8-9-10(4)7-2/h1H3,(H,5,6,9,11). The van der Waals surface area contributed by atoms with Gasteiger partial charge in [-0.15, -0.1) is 5.10 Å². The normalized spacial score (nSPS) is 10.6. The minimum atomic E-state index is -0.271. The van der Waals surface area contributed by atoms with Crippen LogP contribution in [0.1, 0.15) is 5.69 Å². The van der Waals surface area contributed by atoms with Gasteiger partial charge in [0.1, 0.15) is 5.69 Å². The van der Waals surface area contributed by atoms with E-state index >= 15 is 0 Å². The Morgan fingerprint density at radius 2 is 2.36 bits per heavy atom. The summed E-state index contributed by atoms with van der Waals surface area (Å²) >= 11 is 0. The molecule has 0 radical (unpaired) electrons. The predicted octanol–water partition coefficient (Wildman–Crippen LogP) is -1.48. The van der Waals surface area contributed by atoms with Crippen molar-refractivity contribution in [2.45, 2.75) is 6.92 Å². The van der Waals surface area contributed by atoms with Crippen LogP contribution in [0.5, 0.6) is 0 Å². The van der Waals surface area contributed by atoms with Gasteiger partial charge < -0.3 is 0 Å². The van der Waals surface area contributed by atoms with Gasteiger partial charge in [0.05, 0.1) is 0 Å². The molecule has 0 aliphatic carbocycles. The number of nitrogens with one attached hydrogen (secondary N) is 1. The Kier molecular flexibility index (Phi) is 0.999. The van der Waals surface area contributed by atoms with E-state index in [1.165, 1.54) is 0 Å². The second-order valence-corrected chi connectivity index (χ2v) is 2.03. The number of aryl methyl sites for hydroxylation is 1. The average molecular weight is 152 g/mol. The van der Waals surface area contributed by atoms with E-state index in [0.717, 1.165) is 4.63 Å². The maximum Gasteiger partial charge on any atom is 0.274 e. The minimum absolute atomic E-state index is 0.251. The molecular weight excluding hydrogens is 148 g/mol. The number of aromatic nitrogens is 6. The van der Waals surface area contributed by atoms with E-state index in [1.54, 1.807) is 6.92 Å². The summed E-state index contributed by atoms with van der Waals surface area (Å²) in [5, 5.41) is 14.1. The molecule has 2 aromatic heterocycles. The number of fused-ring (bicyclic) bond motifs is 1. The minimum Gasteiger partial charge on any atom is -0.287 e. The van der Waals surface area contributed by atoms with Gasteiger partial charge in [0.2, 0.25) is 0 Å². The van der Waals surface area contributed by atoms with Crippen LogP contribution in [0, 0.1) is 6.92 Å². The van der Waals surface area contributed by atoms with Gasteiger partial charge in [0.15, 0.2) is 0 Å². The molecule has 2 aromatic rings. The molecule has 0 aromatic carbocycles. The van der Waals surface area contributed by atoms with Gasteiger partial charge >= 0.3 is 0 Å². The summed E-state index contributed by atoms with van der Waals surface area (Å²) in [4.78, 5) is 13.4. The van der Waals surface area contributed by atoms with E-state index < -0.39 is 0 Å². The monoisotopic (exact) mass is 152 g/mol. The first-order chi connectivity index (χ1) is 5.27. The number of hydrogen-bond donors (Lipinski definition) is 1. The topological polar surface area (TPSA) is 88.8 Å². The van der Waals surface area contributed by atoms with E-state index in [2.05, 4.69) is 25.6 Å². The maximum atomic E-state index is 10.9. The molecule has 0 spiro atoms. The summed E-state index contributed by atoms with van der Waals surface area (Å²) in [6, 6.07) is 0. The fraction of sp³-hybridized carbons (Fsp3) is 0.250. The lowest BCUT2D eigenvalue weighted by molar-refractivity contribution is 0.708. The number of nitrogens with zero attached hydrogens (tertiary/aromatic N) is 5. The highest BCUT2D eigenvalue weighted by Gasteiger charge is 2.00. The van der Waals surface area contributed by atoms with Gasteiger partial charge in [-0.3, -0.25) is 9.78 Å². The molecule has 0 saturated carbocycles. The second-order valence-electron chi connectivity index (χ2n) is 2.03. The highest BCUT2D eigenvalue weighted by molar-refractivity contribution is 5.18. The molecule has 0 unspecified atom stereocenters. The third-order valence-electron chi connectivity index (χ3n) is 1.25. The molecule has 2 rings (SSSR count). The largest absolute Gasteiger partial charge is 0.287 e. The summed E-state index contributed by atoms with van der Waals surface area (Å²) < 4.78 is 1.16. The third-order valence-corrected chi connectivity index (χ3v) is 1.25. The van der Waals surface area contributed by atoms with Crippen molar-refractivity contribution in [1.29, 1.82) is 0 Å². The fourth-order valence-electron chi connectivity index (χ4n) is 0.704. The summed E-state index contributed by atoms with van der Waals surface area (Å²) in [5.41, 5.74) is 0.0668. The first-order valence-corrected chi connectivity index (χ1v) is 2.92. The van der Waals surface area contributed by atoms with Gasteiger partial charge in [-0.25, -0.2) is 0 Å². The summed E-state index contributed by atoms with van der Waals surface area (Å²) in [7, 11) is 0. The maximum absolute atomic E-state index is 10.9. The smallest absolute Gasteiger partial charge is 0.274 e. The zero-order valence-corrected chi connectivity index (χ0v) is 5.64. The van der Waals surface area contributed by atoms with Crippen molar-refractivity contribution in [1.82, 2.24) is 30.2 Å². The van der Waals surface area contributed by atoms with Crippen LogP contribution in [0.2, 0.25) is 0 Å². The van der Waals surface area contributed by atoms with Crippen molar-refractivity contribution in [2.24, 2.45) is 0 Å². The van der Waals surface area contributed by atoms with Crippen molar-refractivity contribution < 1.29 is 0 Å². The van der Waals surface area contributed by atoms with Crippen LogP contribution < -0.4 is 5.56 Å². The molecule has 1 N–H and O–H groups in total. The third kappa shape index (κ3) is 0.775. The molecule has 0 aliphatic heterocycles. The Labute approximate surface area is 60.0 Å². The lowest BCUT2D eigenvalue weighted by Crippen LogP contribution is -2.15. The van der Waals surface area contributed by atoms with Crippen LogP contribution in [0.15, 0.2) is 4.79 Å². The van der Waals surface area contributed by atoms with Gasteiger partial charge in [-0.05, 0) is 17.4 Å². The number of hydrogen-bond acceptors (Lipinski definition) is 5. The van der Waals surface area contributed by atoms with E-state index in [4.69, 9.17) is 0 Å². The second kappa shape index (κ2) is 1.84. The number of H-pyrrole nitrogens is 1. The quantitative estimate of drug-likeness (QED) is 0.497. The first-order valence-electron chi connectivity index (χ1n) is 2.92. The van der Waals surface area contributed by atoms with E-state index in [1.807, 2.05) is 0 Å². The highest BCUT2D eigenvalue weighted by Crippen LogP contribution is 1.82. The van der Waals surface area contributed by atoms with Crippen LogP contribution in [-0.4, -0.2) is 30.2 Å². The van der Waals surface area contributed by atoms with Gasteiger partial charge in [-0.2, -0.15) is 0 Å². The van der Waals surface area contributed by atoms with Gasteiger partial charge in [0, 0.05) is 0 Å². The molecule has 11 heavy (non-hydrogen) atoms. The lowest BCUT2D eigenvalue weighted by Gasteiger charge is -1.88. The SMILES string of the molecule is Cc1nn2nnnc2[nH]c1=O. The molecular formula is C4H4N6O.